The fourth-order valence-corrected chi connectivity index (χ4v) is 6.21. The van der Waals surface area contributed by atoms with E-state index < -0.39 is 18.2 Å². The van der Waals surface area contributed by atoms with Gasteiger partial charge >= 0.3 is 0 Å². The maximum atomic E-state index is 12.4. The molecule has 5 nitrogen and oxygen atoms in total. The maximum Gasteiger partial charge on any atom is 0.220 e. The van der Waals surface area contributed by atoms with Crippen LogP contribution in [-0.4, -0.2) is 46.1 Å². The van der Waals surface area contributed by atoms with Crippen molar-refractivity contribution in [2.45, 2.75) is 231 Å². The van der Waals surface area contributed by atoms with Gasteiger partial charge in [-0.25, -0.2) is 0 Å². The first-order chi connectivity index (χ1) is 22.1. The zero-order chi connectivity index (χ0) is 33.1. The summed E-state index contributed by atoms with van der Waals surface area (Å²) in [6.45, 7) is 4.16. The second kappa shape index (κ2) is 35.9. The summed E-state index contributed by atoms with van der Waals surface area (Å²) >= 11 is 0. The number of aliphatic hydroxyl groups excluding tert-OH is 3. The molecule has 5 heteroatoms. The Kier molecular flexibility index (Phi) is 35.2. The van der Waals surface area contributed by atoms with E-state index in [2.05, 4.69) is 31.3 Å². The second-order valence-electron chi connectivity index (χ2n) is 13.8. The van der Waals surface area contributed by atoms with Crippen LogP contribution in [0.5, 0.6) is 0 Å². The molecule has 3 atom stereocenters. The molecule has 268 valence electrons. The molecule has 0 radical (unpaired) electrons. The van der Waals surface area contributed by atoms with Crippen molar-refractivity contribution < 1.29 is 20.1 Å². The highest BCUT2D eigenvalue weighted by atomic mass is 16.3. The highest BCUT2D eigenvalue weighted by Crippen LogP contribution is 2.16. The quantitative estimate of drug-likeness (QED) is 0.0406. The molecular formula is C40H79NO4. The summed E-state index contributed by atoms with van der Waals surface area (Å²) in [6.07, 6.45) is 40.1. The molecule has 4 N–H and O–H groups in total. The number of hydrogen-bond donors (Lipinski definition) is 4. The summed E-state index contributed by atoms with van der Waals surface area (Å²) < 4.78 is 0. The minimum atomic E-state index is -1.13. The van der Waals surface area contributed by atoms with Crippen molar-refractivity contribution in [1.82, 2.24) is 5.32 Å². The first-order valence-corrected chi connectivity index (χ1v) is 20.0. The van der Waals surface area contributed by atoms with Gasteiger partial charge in [-0.15, -0.1) is 0 Å². The lowest BCUT2D eigenvalue weighted by atomic mass is 9.99. The van der Waals surface area contributed by atoms with Crippen LogP contribution in [0.15, 0.2) is 12.2 Å². The Morgan fingerprint density at radius 1 is 0.533 bits per heavy atom. The van der Waals surface area contributed by atoms with Gasteiger partial charge in [-0.05, 0) is 38.5 Å². The molecule has 0 aliphatic carbocycles. The number of carbonyl (C=O) groups excluding carboxylic acids is 1. The largest absolute Gasteiger partial charge is 0.394 e. The van der Waals surface area contributed by atoms with E-state index in [1.807, 2.05) is 0 Å². The Morgan fingerprint density at radius 2 is 0.889 bits per heavy atom. The van der Waals surface area contributed by atoms with Gasteiger partial charge < -0.3 is 20.6 Å². The van der Waals surface area contributed by atoms with E-state index in [1.54, 1.807) is 0 Å². The van der Waals surface area contributed by atoms with Gasteiger partial charge in [-0.3, -0.25) is 4.79 Å². The number of rotatable bonds is 36. The Morgan fingerprint density at radius 3 is 1.31 bits per heavy atom. The minimum Gasteiger partial charge on any atom is -0.394 e. The molecule has 0 saturated carbocycles. The molecule has 0 aromatic rings. The third-order valence-electron chi connectivity index (χ3n) is 9.37. The van der Waals surface area contributed by atoms with E-state index in [-0.39, 0.29) is 12.5 Å². The second-order valence-corrected chi connectivity index (χ2v) is 13.8. The van der Waals surface area contributed by atoms with Gasteiger partial charge in [0, 0.05) is 6.42 Å². The summed E-state index contributed by atoms with van der Waals surface area (Å²) in [5.74, 6) is -0.149. The van der Waals surface area contributed by atoms with Crippen LogP contribution >= 0.6 is 0 Å². The highest BCUT2D eigenvalue weighted by Gasteiger charge is 2.26. The monoisotopic (exact) mass is 638 g/mol. The van der Waals surface area contributed by atoms with Crippen LogP contribution in [0.3, 0.4) is 0 Å². The van der Waals surface area contributed by atoms with Crippen LogP contribution in [0.2, 0.25) is 0 Å². The first-order valence-electron chi connectivity index (χ1n) is 20.0. The fourth-order valence-electron chi connectivity index (χ4n) is 6.21. The molecule has 0 rings (SSSR count). The predicted molar refractivity (Wildman–Crippen MR) is 195 cm³/mol. The standard InChI is InChI=1S/C40H79NO4/c1-3-5-7-9-11-13-15-17-19-21-22-24-26-28-30-32-34-38(43)40(45)37(36-42)41-39(44)35-33-31-29-27-25-23-20-18-16-14-12-10-8-6-4-2/h14,16,37-38,40,42-43,45H,3-13,15,17-36H2,1-2H3,(H,41,44)/b16-14-. The topological polar surface area (TPSA) is 89.8 Å². The van der Waals surface area contributed by atoms with Crippen LogP contribution in [-0.2, 0) is 4.79 Å². The van der Waals surface area contributed by atoms with Crippen LogP contribution in [0.1, 0.15) is 213 Å². The number of hydrogen-bond acceptors (Lipinski definition) is 4. The molecule has 0 fully saturated rings. The molecule has 0 aliphatic heterocycles. The molecule has 1 amide bonds. The molecule has 45 heavy (non-hydrogen) atoms. The Hall–Kier alpha value is -0.910. The number of unbranched alkanes of at least 4 members (excludes halogenated alkanes) is 26. The van der Waals surface area contributed by atoms with Crippen molar-refractivity contribution in [2.75, 3.05) is 6.61 Å². The van der Waals surface area contributed by atoms with Gasteiger partial charge in [0.25, 0.3) is 0 Å². The molecular weight excluding hydrogens is 558 g/mol. The molecule has 0 aliphatic rings. The van der Waals surface area contributed by atoms with Crippen LogP contribution in [0.4, 0.5) is 0 Å². The number of aliphatic hydroxyl groups is 3. The minimum absolute atomic E-state index is 0.149. The lowest BCUT2D eigenvalue weighted by Crippen LogP contribution is -2.50. The molecule has 0 saturated heterocycles. The number of amides is 1. The van der Waals surface area contributed by atoms with Crippen molar-refractivity contribution in [3.8, 4) is 0 Å². The van der Waals surface area contributed by atoms with Crippen molar-refractivity contribution in [3.63, 3.8) is 0 Å². The third-order valence-corrected chi connectivity index (χ3v) is 9.37. The number of nitrogens with one attached hydrogen (secondary N) is 1. The molecule has 0 bridgehead atoms. The van der Waals surface area contributed by atoms with Crippen molar-refractivity contribution in [2.24, 2.45) is 0 Å². The maximum absolute atomic E-state index is 12.4. The molecule has 3 unspecified atom stereocenters. The zero-order valence-corrected chi connectivity index (χ0v) is 30.3. The summed E-state index contributed by atoms with van der Waals surface area (Å²) in [4.78, 5) is 12.4. The zero-order valence-electron chi connectivity index (χ0n) is 30.3. The lowest BCUT2D eigenvalue weighted by Gasteiger charge is -2.26. The molecule has 0 spiro atoms. The van der Waals surface area contributed by atoms with E-state index >= 15 is 0 Å². The lowest BCUT2D eigenvalue weighted by molar-refractivity contribution is -0.124. The highest BCUT2D eigenvalue weighted by molar-refractivity contribution is 5.76. The average Bonchev–Trinajstić information content (AvgIpc) is 3.04. The number of allylic oxidation sites excluding steroid dienone is 2. The Bertz CT molecular complexity index is 625. The average molecular weight is 638 g/mol. The van der Waals surface area contributed by atoms with E-state index in [9.17, 15) is 20.1 Å². The normalized spacial score (nSPS) is 13.8. The smallest absolute Gasteiger partial charge is 0.220 e. The van der Waals surface area contributed by atoms with Gasteiger partial charge in [0.1, 0.15) is 6.10 Å². The summed E-state index contributed by atoms with van der Waals surface area (Å²) in [5, 5.41) is 33.4. The third kappa shape index (κ3) is 31.5. The van der Waals surface area contributed by atoms with Gasteiger partial charge in [0.15, 0.2) is 0 Å². The van der Waals surface area contributed by atoms with Crippen molar-refractivity contribution in [3.05, 3.63) is 12.2 Å². The summed E-state index contributed by atoms with van der Waals surface area (Å²) in [7, 11) is 0. The van der Waals surface area contributed by atoms with Crippen LogP contribution in [0.25, 0.3) is 0 Å². The predicted octanol–water partition coefficient (Wildman–Crippen LogP) is 10.9. The Balaban J connectivity index is 3.65. The summed E-state index contributed by atoms with van der Waals surface area (Å²) in [6, 6.07) is -0.807. The summed E-state index contributed by atoms with van der Waals surface area (Å²) in [5.41, 5.74) is 0. The van der Waals surface area contributed by atoms with Crippen LogP contribution in [0, 0.1) is 0 Å². The Labute approximate surface area is 280 Å². The molecule has 0 heterocycles. The van der Waals surface area contributed by atoms with Gasteiger partial charge in [0.05, 0.1) is 18.8 Å². The first kappa shape index (κ1) is 44.1. The van der Waals surface area contributed by atoms with Crippen molar-refractivity contribution in [1.29, 1.82) is 0 Å². The van der Waals surface area contributed by atoms with E-state index in [0.29, 0.717) is 12.8 Å². The molecule has 0 aromatic carbocycles. The van der Waals surface area contributed by atoms with Gasteiger partial charge in [-0.1, -0.05) is 180 Å². The van der Waals surface area contributed by atoms with E-state index in [4.69, 9.17) is 0 Å². The SMILES string of the molecule is CCCCCC/C=C\CCCCCCCCCC(=O)NC(CO)C(O)C(O)CCCCCCCCCCCCCCCCCC. The van der Waals surface area contributed by atoms with Crippen molar-refractivity contribution >= 4 is 5.91 Å². The van der Waals surface area contributed by atoms with Crippen LogP contribution < -0.4 is 5.32 Å². The van der Waals surface area contributed by atoms with E-state index in [0.717, 1.165) is 38.5 Å². The number of carbonyl (C=O) groups is 1. The fraction of sp³-hybridized carbons (Fsp3) is 0.925. The van der Waals surface area contributed by atoms with Gasteiger partial charge in [0.2, 0.25) is 5.91 Å². The van der Waals surface area contributed by atoms with Gasteiger partial charge in [-0.2, -0.15) is 0 Å². The molecule has 0 aromatic heterocycles. The van der Waals surface area contributed by atoms with E-state index in [1.165, 1.54) is 148 Å².